The zero-order valence-electron chi connectivity index (χ0n) is 15.7. The maximum Gasteiger partial charge on any atom is 0.283 e. The van der Waals surface area contributed by atoms with E-state index >= 15 is 0 Å². The third-order valence-corrected chi connectivity index (χ3v) is 5.16. The Balaban J connectivity index is 1.93. The van der Waals surface area contributed by atoms with Crippen molar-refractivity contribution >= 4 is 33.1 Å². The van der Waals surface area contributed by atoms with E-state index in [9.17, 15) is 14.9 Å². The number of nitrogens with one attached hydrogen (secondary N) is 1. The van der Waals surface area contributed by atoms with E-state index in [0.29, 0.717) is 21.3 Å². The summed E-state index contributed by atoms with van der Waals surface area (Å²) in [5, 5.41) is 14.7. The Bertz CT molecular complexity index is 1010. The number of Topliss-reactive ketones (excluding diaryl/α,β-unsaturated/α-hetero) is 1. The number of ether oxygens (including phenoxy) is 1. The number of benzene rings is 3. The predicted octanol–water partition coefficient (Wildman–Crippen LogP) is 5.79. The number of anilines is 1. The summed E-state index contributed by atoms with van der Waals surface area (Å²) in [4.78, 5) is 23.7. The van der Waals surface area contributed by atoms with Crippen LogP contribution in [0.25, 0.3) is 0 Å². The number of nitro benzene ring substituents is 1. The lowest BCUT2D eigenvalue weighted by molar-refractivity contribution is -0.385. The molecule has 3 aromatic rings. The van der Waals surface area contributed by atoms with Crippen LogP contribution in [0, 0.1) is 10.1 Å². The van der Waals surface area contributed by atoms with Crippen molar-refractivity contribution in [1.29, 1.82) is 0 Å². The Kier molecular flexibility index (Phi) is 6.61. The largest absolute Gasteiger partial charge is 0.497 e. The highest BCUT2D eigenvalue weighted by Gasteiger charge is 2.21. The molecule has 1 unspecified atom stereocenters. The Labute approximate surface area is 176 Å². The van der Waals surface area contributed by atoms with Crippen LogP contribution in [-0.2, 0) is 0 Å². The number of nitrogens with zero attached hydrogens (tertiary/aromatic N) is 1. The molecule has 6 nitrogen and oxygen atoms in total. The Morgan fingerprint density at radius 2 is 1.79 bits per heavy atom. The van der Waals surface area contributed by atoms with Crippen molar-refractivity contribution in [2.75, 3.05) is 12.4 Å². The lowest BCUT2D eigenvalue weighted by Gasteiger charge is -2.20. The Morgan fingerprint density at radius 1 is 1.10 bits per heavy atom. The first kappa shape index (κ1) is 20.5. The van der Waals surface area contributed by atoms with Crippen molar-refractivity contribution in [3.8, 4) is 5.75 Å². The van der Waals surface area contributed by atoms with Crippen LogP contribution >= 0.6 is 15.9 Å². The van der Waals surface area contributed by atoms with Gasteiger partial charge in [-0.15, -0.1) is 0 Å². The quantitative estimate of drug-likeness (QED) is 0.264. The van der Waals surface area contributed by atoms with E-state index in [1.54, 1.807) is 31.4 Å². The van der Waals surface area contributed by atoms with Gasteiger partial charge in [-0.25, -0.2) is 0 Å². The summed E-state index contributed by atoms with van der Waals surface area (Å²) in [5.41, 5.74) is 1.99. The zero-order valence-corrected chi connectivity index (χ0v) is 17.3. The highest BCUT2D eigenvalue weighted by molar-refractivity contribution is 9.10. The lowest BCUT2D eigenvalue weighted by Crippen LogP contribution is -2.16. The molecular formula is C22H19BrN2O4. The van der Waals surface area contributed by atoms with Gasteiger partial charge in [-0.3, -0.25) is 14.9 Å². The van der Waals surface area contributed by atoms with E-state index in [1.807, 2.05) is 42.5 Å². The molecule has 29 heavy (non-hydrogen) atoms. The normalized spacial score (nSPS) is 11.5. The van der Waals surface area contributed by atoms with Crippen molar-refractivity contribution in [1.82, 2.24) is 0 Å². The summed E-state index contributed by atoms with van der Waals surface area (Å²) in [5.74, 6) is 0.661. The van der Waals surface area contributed by atoms with Gasteiger partial charge >= 0.3 is 0 Å². The minimum atomic E-state index is -0.447. The topological polar surface area (TPSA) is 81.5 Å². The van der Waals surface area contributed by atoms with Gasteiger partial charge in [0.2, 0.25) is 0 Å². The van der Waals surface area contributed by atoms with E-state index in [4.69, 9.17) is 4.74 Å². The number of carbonyl (C=O) groups is 1. The Hall–Kier alpha value is -3.19. The molecule has 0 aromatic heterocycles. The average molecular weight is 455 g/mol. The highest BCUT2D eigenvalue weighted by atomic mass is 79.9. The van der Waals surface area contributed by atoms with Gasteiger partial charge in [-0.2, -0.15) is 0 Å². The zero-order chi connectivity index (χ0) is 20.8. The summed E-state index contributed by atoms with van der Waals surface area (Å²) >= 11 is 3.21. The fourth-order valence-corrected chi connectivity index (χ4v) is 3.35. The summed E-state index contributed by atoms with van der Waals surface area (Å²) < 4.78 is 5.57. The van der Waals surface area contributed by atoms with Crippen molar-refractivity contribution in [3.05, 3.63) is 98.5 Å². The second-order valence-corrected chi connectivity index (χ2v) is 7.24. The van der Waals surface area contributed by atoms with E-state index in [1.165, 1.54) is 6.07 Å². The third-order valence-electron chi connectivity index (χ3n) is 4.49. The predicted molar refractivity (Wildman–Crippen MR) is 116 cm³/mol. The SMILES string of the molecule is COc1ccc(NC(CC(=O)c2ccccc2)c2ccc(Br)c([N+](=O)[O-])c2)cc1. The van der Waals surface area contributed by atoms with Crippen molar-refractivity contribution in [3.63, 3.8) is 0 Å². The Morgan fingerprint density at radius 3 is 2.41 bits per heavy atom. The lowest BCUT2D eigenvalue weighted by atomic mass is 9.97. The first-order valence-electron chi connectivity index (χ1n) is 8.90. The maximum absolute atomic E-state index is 12.8. The first-order chi connectivity index (χ1) is 14.0. The fourth-order valence-electron chi connectivity index (χ4n) is 2.95. The molecular weight excluding hydrogens is 436 g/mol. The molecule has 7 heteroatoms. The molecule has 1 atom stereocenters. The summed E-state index contributed by atoms with van der Waals surface area (Å²) in [6.07, 6.45) is 0.148. The van der Waals surface area contributed by atoms with Crippen molar-refractivity contribution < 1.29 is 14.5 Å². The van der Waals surface area contributed by atoms with Crippen LogP contribution in [0.2, 0.25) is 0 Å². The summed E-state index contributed by atoms with van der Waals surface area (Å²) in [7, 11) is 1.59. The van der Waals surface area contributed by atoms with E-state index in [-0.39, 0.29) is 17.9 Å². The van der Waals surface area contributed by atoms with E-state index in [2.05, 4.69) is 21.2 Å². The molecule has 0 bridgehead atoms. The molecule has 0 aliphatic carbocycles. The summed E-state index contributed by atoms with van der Waals surface area (Å²) in [6, 6.07) is 20.7. The molecule has 148 valence electrons. The van der Waals surface area contributed by atoms with E-state index in [0.717, 1.165) is 5.69 Å². The van der Waals surface area contributed by atoms with Gasteiger partial charge in [0.05, 0.1) is 22.5 Å². The first-order valence-corrected chi connectivity index (χ1v) is 9.70. The maximum atomic E-state index is 12.8. The van der Waals surface area contributed by atoms with Gasteiger partial charge in [-0.1, -0.05) is 36.4 Å². The number of halogens is 1. The third kappa shape index (κ3) is 5.20. The molecule has 0 heterocycles. The number of methoxy groups -OCH3 is 1. The van der Waals surface area contributed by atoms with Gasteiger partial charge in [0.15, 0.2) is 5.78 Å². The molecule has 1 N–H and O–H groups in total. The molecule has 0 saturated heterocycles. The standard InChI is InChI=1S/C22H19BrN2O4/c1-29-18-10-8-17(9-11-18)24-20(14-22(26)15-5-3-2-4-6-15)16-7-12-19(23)21(13-16)25(27)28/h2-13,20,24H,14H2,1H3. The number of hydrogen-bond donors (Lipinski definition) is 1. The molecule has 0 fully saturated rings. The smallest absolute Gasteiger partial charge is 0.283 e. The van der Waals surface area contributed by atoms with Gasteiger partial charge in [-0.05, 0) is 51.8 Å². The molecule has 3 rings (SSSR count). The van der Waals surface area contributed by atoms with E-state index < -0.39 is 11.0 Å². The van der Waals surface area contributed by atoms with Crippen LogP contribution in [-0.4, -0.2) is 17.8 Å². The molecule has 3 aromatic carbocycles. The molecule has 0 radical (unpaired) electrons. The molecule has 0 aliphatic heterocycles. The van der Waals surface area contributed by atoms with Gasteiger partial charge in [0, 0.05) is 23.7 Å². The van der Waals surface area contributed by atoms with Crippen LogP contribution in [0.3, 0.4) is 0 Å². The number of ketones is 1. The van der Waals surface area contributed by atoms with Crippen LogP contribution in [0.5, 0.6) is 5.75 Å². The van der Waals surface area contributed by atoms with Crippen LogP contribution in [0.15, 0.2) is 77.3 Å². The monoisotopic (exact) mass is 454 g/mol. The van der Waals surface area contributed by atoms with Crippen LogP contribution < -0.4 is 10.1 Å². The number of hydrogen-bond acceptors (Lipinski definition) is 5. The fraction of sp³-hybridized carbons (Fsp3) is 0.136. The number of rotatable bonds is 8. The van der Waals surface area contributed by atoms with Crippen LogP contribution in [0.4, 0.5) is 11.4 Å². The highest BCUT2D eigenvalue weighted by Crippen LogP contribution is 2.32. The minimum absolute atomic E-state index is 0.0452. The number of carbonyl (C=O) groups excluding carboxylic acids is 1. The van der Waals surface area contributed by atoms with Crippen molar-refractivity contribution in [2.45, 2.75) is 12.5 Å². The molecule has 0 saturated carbocycles. The molecule has 0 spiro atoms. The molecule has 0 aliphatic rings. The summed E-state index contributed by atoms with van der Waals surface area (Å²) in [6.45, 7) is 0. The second-order valence-electron chi connectivity index (χ2n) is 6.39. The minimum Gasteiger partial charge on any atom is -0.497 e. The van der Waals surface area contributed by atoms with Gasteiger partial charge in [0.25, 0.3) is 5.69 Å². The number of nitro groups is 1. The average Bonchev–Trinajstić information content (AvgIpc) is 2.74. The molecule has 0 amide bonds. The van der Waals surface area contributed by atoms with Gasteiger partial charge in [0.1, 0.15) is 5.75 Å². The van der Waals surface area contributed by atoms with Crippen LogP contribution in [0.1, 0.15) is 28.4 Å². The second kappa shape index (κ2) is 9.34. The van der Waals surface area contributed by atoms with Gasteiger partial charge < -0.3 is 10.1 Å². The van der Waals surface area contributed by atoms with Crippen molar-refractivity contribution in [2.24, 2.45) is 0 Å².